The summed E-state index contributed by atoms with van der Waals surface area (Å²) in [5.74, 6) is -1.29. The van der Waals surface area contributed by atoms with Crippen LogP contribution in [0.2, 0.25) is 0 Å². The number of rotatable bonds is 3. The number of imidazole rings is 1. The first kappa shape index (κ1) is 17.0. The summed E-state index contributed by atoms with van der Waals surface area (Å²) in [7, 11) is 1.41. The molecule has 0 spiro atoms. The lowest BCUT2D eigenvalue weighted by Gasteiger charge is -2.30. The zero-order valence-electron chi connectivity index (χ0n) is 13.0. The van der Waals surface area contributed by atoms with Crippen molar-refractivity contribution in [1.82, 2.24) is 25.2 Å². The zero-order valence-corrected chi connectivity index (χ0v) is 13.0. The van der Waals surface area contributed by atoms with Gasteiger partial charge in [0.15, 0.2) is 11.3 Å². The summed E-state index contributed by atoms with van der Waals surface area (Å²) in [5.41, 5.74) is 0.427. The van der Waals surface area contributed by atoms with Crippen LogP contribution >= 0.6 is 0 Å². The quantitative estimate of drug-likeness (QED) is 0.842. The van der Waals surface area contributed by atoms with E-state index < -0.39 is 30.1 Å². The molecule has 3 heterocycles. The third-order valence-corrected chi connectivity index (χ3v) is 3.86. The number of nitrogens with zero attached hydrogens (tertiary/aromatic N) is 3. The molecule has 1 aliphatic heterocycles. The molecule has 2 N–H and O–H groups in total. The topological polar surface area (TPSA) is 97.6 Å². The number of alkyl halides is 3. The number of nitrogens with one attached hydrogen (secondary N) is 2. The Morgan fingerprint density at radius 2 is 2.16 bits per heavy atom. The van der Waals surface area contributed by atoms with Crippen molar-refractivity contribution in [2.75, 3.05) is 7.11 Å². The molecule has 2 unspecified atom stereocenters. The fraction of sp³-hybridized carbons (Fsp3) is 0.429. The lowest BCUT2D eigenvalue weighted by atomic mass is 9.99. The van der Waals surface area contributed by atoms with Gasteiger partial charge in [0.25, 0.3) is 5.91 Å². The van der Waals surface area contributed by atoms with E-state index in [0.717, 1.165) is 0 Å². The highest BCUT2D eigenvalue weighted by atomic mass is 19.4. The smallest absolute Gasteiger partial charge is 0.408 e. The predicted octanol–water partition coefficient (Wildman–Crippen LogP) is 0.677. The molecular formula is C14H14F3N5O3. The molecule has 0 saturated carbocycles. The Balaban J connectivity index is 1.74. The molecule has 8 nitrogen and oxygen atoms in total. The first-order valence-electron chi connectivity index (χ1n) is 7.36. The van der Waals surface area contributed by atoms with Gasteiger partial charge in [-0.2, -0.15) is 13.2 Å². The van der Waals surface area contributed by atoms with Crippen molar-refractivity contribution in [2.24, 2.45) is 0 Å². The Morgan fingerprint density at radius 3 is 2.80 bits per heavy atom. The van der Waals surface area contributed by atoms with Crippen LogP contribution in [0, 0.1) is 0 Å². The number of piperidine rings is 1. The van der Waals surface area contributed by atoms with Gasteiger partial charge in [0.05, 0.1) is 13.3 Å². The normalized spacial score (nSPS) is 21.0. The van der Waals surface area contributed by atoms with Crippen molar-refractivity contribution >= 4 is 17.5 Å². The summed E-state index contributed by atoms with van der Waals surface area (Å²) < 4.78 is 44.1. The van der Waals surface area contributed by atoms with E-state index in [2.05, 4.69) is 15.4 Å². The van der Waals surface area contributed by atoms with Crippen LogP contribution in [0.15, 0.2) is 18.3 Å². The molecule has 1 aliphatic rings. The van der Waals surface area contributed by atoms with Crippen molar-refractivity contribution in [3.63, 3.8) is 0 Å². The number of carbonyl (C=O) groups excluding carboxylic acids is 2. The maximum atomic E-state index is 12.6. The molecular weight excluding hydrogens is 343 g/mol. The molecule has 1 saturated heterocycles. The zero-order chi connectivity index (χ0) is 18.2. The number of hydrogen-bond donors (Lipinski definition) is 2. The predicted molar refractivity (Wildman–Crippen MR) is 78.0 cm³/mol. The standard InChI is InChI=1S/C14H14F3N5O3/c1-25-11-5-4-10-18-6-8(22(10)21-11)13(24)19-7-2-3-9(14(15,16)17)20-12(7)23/h4-7,9H,2-3H2,1H3,(H,19,24)(H,20,23). The van der Waals surface area contributed by atoms with Crippen LogP contribution in [0.5, 0.6) is 5.88 Å². The SMILES string of the molecule is COc1ccc2ncc(C(=O)NC3CCC(C(F)(F)F)NC3=O)n2n1. The van der Waals surface area contributed by atoms with E-state index in [4.69, 9.17) is 4.74 Å². The van der Waals surface area contributed by atoms with Crippen LogP contribution in [0.4, 0.5) is 13.2 Å². The van der Waals surface area contributed by atoms with E-state index in [1.165, 1.54) is 17.8 Å². The molecule has 0 aromatic carbocycles. The van der Waals surface area contributed by atoms with Gasteiger partial charge in [-0.1, -0.05) is 0 Å². The highest BCUT2D eigenvalue weighted by molar-refractivity contribution is 5.97. The molecule has 2 amide bonds. The number of amides is 2. The highest BCUT2D eigenvalue weighted by Crippen LogP contribution is 2.26. The van der Waals surface area contributed by atoms with E-state index in [9.17, 15) is 22.8 Å². The fourth-order valence-corrected chi connectivity index (χ4v) is 2.54. The van der Waals surface area contributed by atoms with Gasteiger partial charge >= 0.3 is 6.18 Å². The average molecular weight is 357 g/mol. The molecule has 0 aliphatic carbocycles. The lowest BCUT2D eigenvalue weighted by molar-refractivity contribution is -0.168. The second-order valence-corrected chi connectivity index (χ2v) is 5.50. The summed E-state index contributed by atoms with van der Waals surface area (Å²) >= 11 is 0. The number of methoxy groups -OCH3 is 1. The van der Waals surface area contributed by atoms with Crippen molar-refractivity contribution in [3.05, 3.63) is 24.0 Å². The Labute approximate surface area is 139 Å². The molecule has 25 heavy (non-hydrogen) atoms. The number of hydrogen-bond acceptors (Lipinski definition) is 5. The van der Waals surface area contributed by atoms with Gasteiger partial charge in [-0.05, 0) is 18.9 Å². The van der Waals surface area contributed by atoms with Crippen molar-refractivity contribution in [3.8, 4) is 5.88 Å². The van der Waals surface area contributed by atoms with Crippen LogP contribution in [0.25, 0.3) is 5.65 Å². The van der Waals surface area contributed by atoms with Crippen LogP contribution in [-0.4, -0.2) is 51.8 Å². The molecule has 0 radical (unpaired) electrons. The first-order chi connectivity index (χ1) is 11.8. The first-order valence-corrected chi connectivity index (χ1v) is 7.36. The minimum absolute atomic E-state index is 0.0413. The largest absolute Gasteiger partial charge is 0.480 e. The van der Waals surface area contributed by atoms with Crippen molar-refractivity contribution in [1.29, 1.82) is 0 Å². The Bertz CT molecular complexity index is 820. The van der Waals surface area contributed by atoms with Crippen LogP contribution in [-0.2, 0) is 4.79 Å². The third kappa shape index (κ3) is 3.35. The second kappa shape index (κ2) is 6.22. The third-order valence-electron chi connectivity index (χ3n) is 3.86. The summed E-state index contributed by atoms with van der Waals surface area (Å²) in [6, 6.07) is 0.205. The monoisotopic (exact) mass is 357 g/mol. The highest BCUT2D eigenvalue weighted by Gasteiger charge is 2.44. The van der Waals surface area contributed by atoms with Gasteiger partial charge in [0.1, 0.15) is 12.1 Å². The second-order valence-electron chi connectivity index (χ2n) is 5.50. The van der Waals surface area contributed by atoms with Gasteiger partial charge in [0.2, 0.25) is 11.8 Å². The van der Waals surface area contributed by atoms with Gasteiger partial charge in [-0.15, -0.1) is 5.10 Å². The van der Waals surface area contributed by atoms with Crippen molar-refractivity contribution in [2.45, 2.75) is 31.1 Å². The Hall–Kier alpha value is -2.85. The summed E-state index contributed by atoms with van der Waals surface area (Å²) in [5, 5.41) is 8.34. The average Bonchev–Trinajstić information content (AvgIpc) is 2.98. The number of carbonyl (C=O) groups is 2. The minimum Gasteiger partial charge on any atom is -0.480 e. The number of fused-ring (bicyclic) bond motifs is 1. The molecule has 0 bridgehead atoms. The van der Waals surface area contributed by atoms with Gasteiger partial charge < -0.3 is 15.4 Å². The van der Waals surface area contributed by atoms with Crippen molar-refractivity contribution < 1.29 is 27.5 Å². The number of aromatic nitrogens is 3. The van der Waals surface area contributed by atoms with Gasteiger partial charge in [-0.25, -0.2) is 9.50 Å². The van der Waals surface area contributed by atoms with Gasteiger partial charge in [-0.3, -0.25) is 9.59 Å². The lowest BCUT2D eigenvalue weighted by Crippen LogP contribution is -2.58. The van der Waals surface area contributed by atoms with E-state index in [1.807, 2.05) is 5.32 Å². The van der Waals surface area contributed by atoms with E-state index in [-0.39, 0.29) is 24.4 Å². The molecule has 2 aromatic heterocycles. The van der Waals surface area contributed by atoms with Crippen LogP contribution < -0.4 is 15.4 Å². The fourth-order valence-electron chi connectivity index (χ4n) is 2.54. The summed E-state index contributed by atoms with van der Waals surface area (Å²) in [6.45, 7) is 0. The maximum Gasteiger partial charge on any atom is 0.408 e. The Kier molecular flexibility index (Phi) is 4.23. The van der Waals surface area contributed by atoms with Crippen LogP contribution in [0.3, 0.4) is 0 Å². The molecule has 3 rings (SSSR count). The molecule has 1 fully saturated rings. The number of ether oxygens (including phenoxy) is 1. The molecule has 2 aromatic rings. The molecule has 134 valence electrons. The Morgan fingerprint density at radius 1 is 1.40 bits per heavy atom. The molecule has 11 heteroatoms. The maximum absolute atomic E-state index is 12.6. The summed E-state index contributed by atoms with van der Waals surface area (Å²) in [4.78, 5) is 28.2. The van der Waals surface area contributed by atoms with Gasteiger partial charge in [0, 0.05) is 6.07 Å². The van der Waals surface area contributed by atoms with E-state index >= 15 is 0 Å². The van der Waals surface area contributed by atoms with E-state index in [0.29, 0.717) is 5.65 Å². The number of halogens is 3. The minimum atomic E-state index is -4.51. The van der Waals surface area contributed by atoms with E-state index in [1.54, 1.807) is 12.1 Å². The van der Waals surface area contributed by atoms with Crippen LogP contribution in [0.1, 0.15) is 23.3 Å². The summed E-state index contributed by atoms with van der Waals surface area (Å²) in [6.07, 6.45) is -3.67. The molecule has 2 atom stereocenters.